The van der Waals surface area contributed by atoms with Crippen LogP contribution in [-0.2, 0) is 0 Å². The molecular weight excluding hydrogens is 315 g/mol. The van der Waals surface area contributed by atoms with Crippen LogP contribution in [0, 0.1) is 5.82 Å². The SMILES string of the molecule is CCCCC(c1cccnc1)N(C)C(=O)c1ccc(Cl)cc1F. The summed E-state index contributed by atoms with van der Waals surface area (Å²) >= 11 is 5.75. The molecule has 2 rings (SSSR count). The lowest BCUT2D eigenvalue weighted by atomic mass is 10.0. The second-order valence-corrected chi connectivity index (χ2v) is 5.92. The Morgan fingerprint density at radius 3 is 2.78 bits per heavy atom. The number of halogens is 2. The molecular formula is C18H20ClFN2O. The highest BCUT2D eigenvalue weighted by Crippen LogP contribution is 2.27. The molecule has 0 aliphatic rings. The highest BCUT2D eigenvalue weighted by Gasteiger charge is 2.24. The maximum Gasteiger partial charge on any atom is 0.257 e. The average Bonchev–Trinajstić information content (AvgIpc) is 2.55. The number of carbonyl (C=O) groups excluding carboxylic acids is 1. The molecule has 5 heteroatoms. The predicted octanol–water partition coefficient (Wildman–Crippen LogP) is 4.88. The third-order valence-corrected chi connectivity index (χ3v) is 4.08. The molecule has 0 N–H and O–H groups in total. The minimum atomic E-state index is -0.602. The maximum atomic E-state index is 14.0. The molecule has 0 aliphatic heterocycles. The molecule has 0 saturated carbocycles. The first-order chi connectivity index (χ1) is 11.0. The highest BCUT2D eigenvalue weighted by atomic mass is 35.5. The Kier molecular flexibility index (Phi) is 6.11. The second-order valence-electron chi connectivity index (χ2n) is 5.48. The van der Waals surface area contributed by atoms with Crippen LogP contribution in [0.25, 0.3) is 0 Å². The van der Waals surface area contributed by atoms with Gasteiger partial charge in [0.05, 0.1) is 11.6 Å². The largest absolute Gasteiger partial charge is 0.335 e. The molecule has 0 spiro atoms. The zero-order valence-electron chi connectivity index (χ0n) is 13.3. The number of rotatable bonds is 6. The van der Waals surface area contributed by atoms with Gasteiger partial charge < -0.3 is 4.90 Å². The Hall–Kier alpha value is -1.94. The van der Waals surface area contributed by atoms with Gasteiger partial charge >= 0.3 is 0 Å². The van der Waals surface area contributed by atoms with Crippen molar-refractivity contribution in [3.05, 3.63) is 64.7 Å². The van der Waals surface area contributed by atoms with E-state index in [1.54, 1.807) is 24.3 Å². The van der Waals surface area contributed by atoms with E-state index in [2.05, 4.69) is 11.9 Å². The fourth-order valence-corrected chi connectivity index (χ4v) is 2.71. The number of carbonyl (C=O) groups is 1. The molecule has 1 heterocycles. The zero-order chi connectivity index (χ0) is 16.8. The third-order valence-electron chi connectivity index (χ3n) is 3.85. The number of pyridine rings is 1. The van der Waals surface area contributed by atoms with Crippen molar-refractivity contribution in [1.82, 2.24) is 9.88 Å². The van der Waals surface area contributed by atoms with Crippen LogP contribution in [-0.4, -0.2) is 22.8 Å². The standard InChI is InChI=1S/C18H20ClFN2O/c1-3-4-7-17(13-6-5-10-21-12-13)22(2)18(23)15-9-8-14(19)11-16(15)20/h5-6,8-12,17H,3-4,7H2,1-2H3. The molecule has 0 saturated heterocycles. The van der Waals surface area contributed by atoms with Crippen molar-refractivity contribution in [2.45, 2.75) is 32.2 Å². The van der Waals surface area contributed by atoms with Gasteiger partial charge in [0.1, 0.15) is 5.82 Å². The summed E-state index contributed by atoms with van der Waals surface area (Å²) < 4.78 is 14.0. The number of amides is 1. The van der Waals surface area contributed by atoms with Crippen molar-refractivity contribution in [3.63, 3.8) is 0 Å². The first-order valence-corrected chi connectivity index (χ1v) is 8.04. The van der Waals surface area contributed by atoms with E-state index >= 15 is 0 Å². The first-order valence-electron chi connectivity index (χ1n) is 7.66. The number of hydrogen-bond acceptors (Lipinski definition) is 2. The zero-order valence-corrected chi connectivity index (χ0v) is 14.1. The summed E-state index contributed by atoms with van der Waals surface area (Å²) in [5, 5.41) is 0.275. The van der Waals surface area contributed by atoms with Gasteiger partial charge in [0.25, 0.3) is 5.91 Å². The van der Waals surface area contributed by atoms with Crippen molar-refractivity contribution in [2.75, 3.05) is 7.05 Å². The van der Waals surface area contributed by atoms with Gasteiger partial charge in [0.2, 0.25) is 0 Å². The Balaban J connectivity index is 2.29. The molecule has 1 aromatic heterocycles. The van der Waals surface area contributed by atoms with Crippen LogP contribution in [0.5, 0.6) is 0 Å². The normalized spacial score (nSPS) is 12.0. The van der Waals surface area contributed by atoms with E-state index in [0.29, 0.717) is 0 Å². The molecule has 1 unspecified atom stereocenters. The second kappa shape index (κ2) is 8.06. The quantitative estimate of drug-likeness (QED) is 0.754. The van der Waals surface area contributed by atoms with Crippen LogP contribution < -0.4 is 0 Å². The Morgan fingerprint density at radius 2 is 2.17 bits per heavy atom. The van der Waals surface area contributed by atoms with Gasteiger partial charge in [-0.05, 0) is 36.2 Å². The molecule has 1 amide bonds. The van der Waals surface area contributed by atoms with Gasteiger partial charge in [0.15, 0.2) is 0 Å². The van der Waals surface area contributed by atoms with E-state index in [1.165, 1.54) is 12.1 Å². The summed E-state index contributed by atoms with van der Waals surface area (Å²) in [7, 11) is 1.70. The monoisotopic (exact) mass is 334 g/mol. The van der Waals surface area contributed by atoms with Crippen molar-refractivity contribution >= 4 is 17.5 Å². The van der Waals surface area contributed by atoms with Crippen molar-refractivity contribution < 1.29 is 9.18 Å². The lowest BCUT2D eigenvalue weighted by Gasteiger charge is -2.28. The Morgan fingerprint density at radius 1 is 1.39 bits per heavy atom. The van der Waals surface area contributed by atoms with E-state index in [4.69, 9.17) is 11.6 Å². The molecule has 3 nitrogen and oxygen atoms in total. The number of hydrogen-bond donors (Lipinski definition) is 0. The average molecular weight is 335 g/mol. The molecule has 0 fully saturated rings. The molecule has 0 aliphatic carbocycles. The summed E-state index contributed by atoms with van der Waals surface area (Å²) in [4.78, 5) is 18.4. The Labute approximate surface area is 141 Å². The van der Waals surface area contributed by atoms with Gasteiger partial charge in [-0.3, -0.25) is 9.78 Å². The third kappa shape index (κ3) is 4.29. The van der Waals surface area contributed by atoms with E-state index in [-0.39, 0.29) is 22.5 Å². The minimum absolute atomic E-state index is 0.0299. The summed E-state index contributed by atoms with van der Waals surface area (Å²) in [5.74, 6) is -0.959. The lowest BCUT2D eigenvalue weighted by molar-refractivity contribution is 0.0715. The van der Waals surface area contributed by atoms with Crippen LogP contribution in [0.3, 0.4) is 0 Å². The summed E-state index contributed by atoms with van der Waals surface area (Å²) in [6.07, 6.45) is 6.25. The summed E-state index contributed by atoms with van der Waals surface area (Å²) in [6.45, 7) is 2.10. The van der Waals surface area contributed by atoms with Crippen molar-refractivity contribution in [3.8, 4) is 0 Å². The van der Waals surface area contributed by atoms with Crippen LogP contribution in [0.4, 0.5) is 4.39 Å². The van der Waals surface area contributed by atoms with Crippen molar-refractivity contribution in [2.24, 2.45) is 0 Å². The minimum Gasteiger partial charge on any atom is -0.335 e. The smallest absolute Gasteiger partial charge is 0.257 e. The number of aromatic nitrogens is 1. The fraction of sp³-hybridized carbons (Fsp3) is 0.333. The molecule has 2 aromatic rings. The van der Waals surface area contributed by atoms with E-state index < -0.39 is 5.82 Å². The summed E-state index contributed by atoms with van der Waals surface area (Å²) in [6, 6.07) is 7.76. The predicted molar refractivity (Wildman–Crippen MR) is 90.0 cm³/mol. The molecule has 23 heavy (non-hydrogen) atoms. The maximum absolute atomic E-state index is 14.0. The number of benzene rings is 1. The fourth-order valence-electron chi connectivity index (χ4n) is 2.55. The van der Waals surface area contributed by atoms with E-state index in [1.807, 2.05) is 12.1 Å². The molecule has 0 bridgehead atoms. The van der Waals surface area contributed by atoms with E-state index in [9.17, 15) is 9.18 Å². The van der Waals surface area contributed by atoms with Crippen LogP contribution >= 0.6 is 11.6 Å². The topological polar surface area (TPSA) is 33.2 Å². The molecule has 1 atom stereocenters. The van der Waals surface area contributed by atoms with Gasteiger partial charge in [0, 0.05) is 24.5 Å². The molecule has 0 radical (unpaired) electrons. The Bertz CT molecular complexity index is 663. The van der Waals surface area contributed by atoms with E-state index in [0.717, 1.165) is 30.9 Å². The highest BCUT2D eigenvalue weighted by molar-refractivity contribution is 6.30. The number of unbranched alkanes of at least 4 members (excludes halogenated alkanes) is 1. The van der Waals surface area contributed by atoms with Gasteiger partial charge in [-0.1, -0.05) is 37.4 Å². The molecule has 122 valence electrons. The number of nitrogens with zero attached hydrogens (tertiary/aromatic N) is 2. The first kappa shape index (κ1) is 17.4. The van der Waals surface area contributed by atoms with Gasteiger partial charge in [-0.2, -0.15) is 0 Å². The molecule has 1 aromatic carbocycles. The van der Waals surface area contributed by atoms with Crippen LogP contribution in [0.2, 0.25) is 5.02 Å². The van der Waals surface area contributed by atoms with Gasteiger partial charge in [-0.25, -0.2) is 4.39 Å². The van der Waals surface area contributed by atoms with Crippen LogP contribution in [0.1, 0.15) is 48.1 Å². The van der Waals surface area contributed by atoms with Crippen molar-refractivity contribution in [1.29, 1.82) is 0 Å². The van der Waals surface area contributed by atoms with Crippen LogP contribution in [0.15, 0.2) is 42.7 Å². The summed E-state index contributed by atoms with van der Waals surface area (Å²) in [5.41, 5.74) is 0.980. The van der Waals surface area contributed by atoms with Gasteiger partial charge in [-0.15, -0.1) is 0 Å². The lowest BCUT2D eigenvalue weighted by Crippen LogP contribution is -2.32.